The molecule has 0 bridgehead atoms. The minimum atomic E-state index is 0.627. The average Bonchev–Trinajstić information content (AvgIpc) is 2.39. The third-order valence-corrected chi connectivity index (χ3v) is 2.90. The summed E-state index contributed by atoms with van der Waals surface area (Å²) in [5, 5.41) is 0. The van der Waals surface area contributed by atoms with Crippen molar-refractivity contribution in [2.75, 3.05) is 0 Å². The van der Waals surface area contributed by atoms with E-state index in [-0.39, 0.29) is 0 Å². The molecule has 0 N–H and O–H groups in total. The minimum Gasteiger partial charge on any atom is -0.261 e. The summed E-state index contributed by atoms with van der Waals surface area (Å²) < 4.78 is 0. The van der Waals surface area contributed by atoms with Gasteiger partial charge in [-0.15, -0.1) is 0 Å². The van der Waals surface area contributed by atoms with E-state index in [1.54, 1.807) is 0 Å². The predicted octanol–water partition coefficient (Wildman–Crippen LogP) is 5.65. The number of hydrogen-bond acceptors (Lipinski definition) is 1. The molecule has 0 spiro atoms. The Morgan fingerprint density at radius 1 is 1.24 bits per heavy atom. The first kappa shape index (κ1) is 15.9. The van der Waals surface area contributed by atoms with E-state index in [1.807, 2.05) is 20.1 Å². The van der Waals surface area contributed by atoms with Crippen LogP contribution in [0.5, 0.6) is 0 Å². The van der Waals surface area contributed by atoms with Crippen LogP contribution in [-0.4, -0.2) is 6.21 Å². The Bertz CT molecular complexity index is 339. The normalized spacial score (nSPS) is 12.1. The molecule has 0 radical (unpaired) electrons. The Kier molecular flexibility index (Phi) is 8.39. The molecule has 0 aliphatic rings. The third kappa shape index (κ3) is 4.72. The molecule has 0 unspecified atom stereocenters. The summed E-state index contributed by atoms with van der Waals surface area (Å²) >= 11 is 0. The zero-order valence-corrected chi connectivity index (χ0v) is 12.2. The molecule has 0 amide bonds. The van der Waals surface area contributed by atoms with Crippen LogP contribution in [0.2, 0.25) is 0 Å². The minimum absolute atomic E-state index is 0.627. The summed E-state index contributed by atoms with van der Waals surface area (Å²) in [6.45, 7) is 12.8. The molecule has 1 aromatic rings. The van der Waals surface area contributed by atoms with Crippen molar-refractivity contribution < 1.29 is 0 Å². The van der Waals surface area contributed by atoms with Crippen molar-refractivity contribution in [2.45, 2.75) is 60.3 Å². The first-order chi connectivity index (χ1) is 8.20. The second-order valence-electron chi connectivity index (χ2n) is 4.02. The van der Waals surface area contributed by atoms with Crippen LogP contribution in [0.25, 0.3) is 0 Å². The van der Waals surface area contributed by atoms with Gasteiger partial charge < -0.3 is 0 Å². The number of rotatable bonds is 4. The van der Waals surface area contributed by atoms with E-state index >= 15 is 0 Å². The molecule has 1 heteroatoms. The van der Waals surface area contributed by atoms with Crippen LogP contribution >= 0.6 is 0 Å². The van der Waals surface area contributed by atoms with Gasteiger partial charge in [-0.25, -0.2) is 0 Å². The Balaban J connectivity index is 0.00000121. The molecule has 0 aromatic heterocycles. The SMILES string of the molecule is CC.CCC=Nc1cccc([C@H](C)CC)c1C. The molecule has 0 aliphatic heterocycles. The molecule has 0 saturated carbocycles. The first-order valence-corrected chi connectivity index (χ1v) is 6.82. The molecule has 1 nitrogen and oxygen atoms in total. The molecule has 0 fully saturated rings. The van der Waals surface area contributed by atoms with Crippen molar-refractivity contribution in [1.82, 2.24) is 0 Å². The summed E-state index contributed by atoms with van der Waals surface area (Å²) in [7, 11) is 0. The van der Waals surface area contributed by atoms with E-state index in [2.05, 4.69) is 50.9 Å². The van der Waals surface area contributed by atoms with Crippen LogP contribution in [0.1, 0.15) is 64.5 Å². The van der Waals surface area contributed by atoms with Crippen LogP contribution in [0.3, 0.4) is 0 Å². The van der Waals surface area contributed by atoms with E-state index in [1.165, 1.54) is 17.5 Å². The standard InChI is InChI=1S/C14H21N.C2H6/c1-5-10-15-14-9-7-8-13(12(14)4)11(3)6-2;1-2/h7-11H,5-6H2,1-4H3;1-2H3/t11-;/m1./s1. The molecule has 1 aromatic carbocycles. The quantitative estimate of drug-likeness (QED) is 0.596. The zero-order chi connectivity index (χ0) is 13.3. The summed E-state index contributed by atoms with van der Waals surface area (Å²) in [6, 6.07) is 6.42. The molecule has 0 aliphatic carbocycles. The largest absolute Gasteiger partial charge is 0.261 e. The van der Waals surface area contributed by atoms with Crippen LogP contribution < -0.4 is 0 Å². The van der Waals surface area contributed by atoms with Crippen LogP contribution in [0, 0.1) is 6.92 Å². The van der Waals surface area contributed by atoms with Crippen molar-refractivity contribution >= 4 is 11.9 Å². The maximum atomic E-state index is 4.48. The van der Waals surface area contributed by atoms with Gasteiger partial charge in [0.15, 0.2) is 0 Å². The number of nitrogens with zero attached hydrogens (tertiary/aromatic N) is 1. The van der Waals surface area contributed by atoms with Crippen molar-refractivity contribution in [1.29, 1.82) is 0 Å². The second-order valence-corrected chi connectivity index (χ2v) is 4.02. The maximum absolute atomic E-state index is 4.48. The topological polar surface area (TPSA) is 12.4 Å². The van der Waals surface area contributed by atoms with E-state index in [0.29, 0.717) is 5.92 Å². The summed E-state index contributed by atoms with van der Waals surface area (Å²) in [5.41, 5.74) is 3.88. The van der Waals surface area contributed by atoms with Gasteiger partial charge in [0.25, 0.3) is 0 Å². The average molecular weight is 233 g/mol. The van der Waals surface area contributed by atoms with Gasteiger partial charge in [0.2, 0.25) is 0 Å². The van der Waals surface area contributed by atoms with Gasteiger partial charge in [0.05, 0.1) is 5.69 Å². The predicted molar refractivity (Wildman–Crippen MR) is 79.7 cm³/mol. The summed E-state index contributed by atoms with van der Waals surface area (Å²) in [5.74, 6) is 0.627. The van der Waals surface area contributed by atoms with Crippen molar-refractivity contribution in [3.63, 3.8) is 0 Å². The van der Waals surface area contributed by atoms with E-state index in [0.717, 1.165) is 12.1 Å². The van der Waals surface area contributed by atoms with Gasteiger partial charge in [-0.05, 0) is 42.9 Å². The lowest BCUT2D eigenvalue weighted by Gasteiger charge is -2.13. The molecule has 1 atom stereocenters. The second kappa shape index (κ2) is 8.98. The van der Waals surface area contributed by atoms with Crippen LogP contribution in [-0.2, 0) is 0 Å². The number of aliphatic imine (C=N–C) groups is 1. The van der Waals surface area contributed by atoms with Crippen LogP contribution in [0.15, 0.2) is 23.2 Å². The third-order valence-electron chi connectivity index (χ3n) is 2.90. The van der Waals surface area contributed by atoms with E-state index < -0.39 is 0 Å². The van der Waals surface area contributed by atoms with Gasteiger partial charge in [0, 0.05) is 6.21 Å². The Morgan fingerprint density at radius 2 is 1.88 bits per heavy atom. The Hall–Kier alpha value is -1.11. The highest BCUT2D eigenvalue weighted by Crippen LogP contribution is 2.28. The molecule has 0 heterocycles. The highest BCUT2D eigenvalue weighted by Gasteiger charge is 2.08. The molecular weight excluding hydrogens is 206 g/mol. The van der Waals surface area contributed by atoms with Crippen molar-refractivity contribution in [2.24, 2.45) is 4.99 Å². The van der Waals surface area contributed by atoms with Gasteiger partial charge in [0.1, 0.15) is 0 Å². The smallest absolute Gasteiger partial charge is 0.0657 e. The highest BCUT2D eigenvalue weighted by molar-refractivity contribution is 5.65. The fourth-order valence-electron chi connectivity index (χ4n) is 1.72. The van der Waals surface area contributed by atoms with Gasteiger partial charge in [-0.1, -0.05) is 46.8 Å². The monoisotopic (exact) mass is 233 g/mol. The van der Waals surface area contributed by atoms with E-state index in [9.17, 15) is 0 Å². The molecule has 96 valence electrons. The Labute approximate surface area is 107 Å². The lowest BCUT2D eigenvalue weighted by atomic mass is 9.93. The number of hydrogen-bond donors (Lipinski definition) is 0. The van der Waals surface area contributed by atoms with Gasteiger partial charge >= 0.3 is 0 Å². The van der Waals surface area contributed by atoms with E-state index in [4.69, 9.17) is 0 Å². The van der Waals surface area contributed by atoms with Gasteiger partial charge in [-0.3, -0.25) is 4.99 Å². The summed E-state index contributed by atoms with van der Waals surface area (Å²) in [6.07, 6.45) is 4.15. The van der Waals surface area contributed by atoms with Gasteiger partial charge in [-0.2, -0.15) is 0 Å². The van der Waals surface area contributed by atoms with Crippen molar-refractivity contribution in [3.05, 3.63) is 29.3 Å². The Morgan fingerprint density at radius 3 is 2.41 bits per heavy atom. The lowest BCUT2D eigenvalue weighted by molar-refractivity contribution is 0.728. The maximum Gasteiger partial charge on any atom is 0.0657 e. The lowest BCUT2D eigenvalue weighted by Crippen LogP contribution is -1.94. The molecule has 0 saturated heterocycles. The number of benzene rings is 1. The zero-order valence-electron chi connectivity index (χ0n) is 12.2. The molecule has 1 rings (SSSR count). The van der Waals surface area contributed by atoms with Crippen LogP contribution in [0.4, 0.5) is 5.69 Å². The summed E-state index contributed by atoms with van der Waals surface area (Å²) in [4.78, 5) is 4.48. The fourth-order valence-corrected chi connectivity index (χ4v) is 1.72. The highest BCUT2D eigenvalue weighted by atomic mass is 14.7. The molecular formula is C16H27N. The van der Waals surface area contributed by atoms with Crippen molar-refractivity contribution in [3.8, 4) is 0 Å². The fraction of sp³-hybridized carbons (Fsp3) is 0.562. The first-order valence-electron chi connectivity index (χ1n) is 6.82. The molecule has 17 heavy (non-hydrogen) atoms.